The monoisotopic (exact) mass is 241 g/mol. The SMILES string of the molecule is N#Cc1ccc2c(n1)C[C@@]13CCN(CCC1O2)C3. The van der Waals surface area contributed by atoms with Crippen molar-refractivity contribution in [1.82, 2.24) is 9.88 Å². The summed E-state index contributed by atoms with van der Waals surface area (Å²) in [7, 11) is 0. The molecule has 4 heterocycles. The minimum atomic E-state index is 0.256. The Morgan fingerprint density at radius 1 is 1.44 bits per heavy atom. The Morgan fingerprint density at radius 3 is 3.28 bits per heavy atom. The number of aromatic nitrogens is 1. The molecule has 2 unspecified atom stereocenters. The van der Waals surface area contributed by atoms with E-state index in [1.54, 1.807) is 6.07 Å². The quantitative estimate of drug-likeness (QED) is 0.688. The lowest BCUT2D eigenvalue weighted by Crippen LogP contribution is -2.51. The van der Waals surface area contributed by atoms with Crippen LogP contribution in [0.4, 0.5) is 0 Å². The Morgan fingerprint density at radius 2 is 2.39 bits per heavy atom. The maximum atomic E-state index is 8.94. The van der Waals surface area contributed by atoms with Crippen molar-refractivity contribution in [3.8, 4) is 11.8 Å². The van der Waals surface area contributed by atoms with Gasteiger partial charge in [-0.1, -0.05) is 0 Å². The predicted octanol–water partition coefficient (Wildman–Crippen LogP) is 1.35. The van der Waals surface area contributed by atoms with Gasteiger partial charge in [0.25, 0.3) is 0 Å². The zero-order valence-corrected chi connectivity index (χ0v) is 10.2. The first kappa shape index (κ1) is 10.3. The van der Waals surface area contributed by atoms with E-state index in [0.717, 1.165) is 37.4 Å². The number of hydrogen-bond acceptors (Lipinski definition) is 4. The van der Waals surface area contributed by atoms with E-state index in [9.17, 15) is 0 Å². The third kappa shape index (κ3) is 1.31. The number of nitriles is 1. The van der Waals surface area contributed by atoms with Crippen molar-refractivity contribution in [2.24, 2.45) is 5.41 Å². The van der Waals surface area contributed by atoms with Crippen molar-refractivity contribution < 1.29 is 4.74 Å². The van der Waals surface area contributed by atoms with Crippen LogP contribution in [0, 0.1) is 16.7 Å². The highest BCUT2D eigenvalue weighted by Crippen LogP contribution is 2.47. The average Bonchev–Trinajstić information content (AvgIpc) is 2.72. The Labute approximate surface area is 106 Å². The molecule has 18 heavy (non-hydrogen) atoms. The molecule has 4 heteroatoms. The van der Waals surface area contributed by atoms with E-state index < -0.39 is 0 Å². The van der Waals surface area contributed by atoms with Gasteiger partial charge < -0.3 is 9.64 Å². The van der Waals surface area contributed by atoms with Crippen LogP contribution >= 0.6 is 0 Å². The van der Waals surface area contributed by atoms with Gasteiger partial charge in [-0.15, -0.1) is 0 Å². The van der Waals surface area contributed by atoms with Crippen molar-refractivity contribution in [2.45, 2.75) is 25.4 Å². The fourth-order valence-corrected chi connectivity index (χ4v) is 3.76. The molecule has 4 rings (SSSR count). The first-order valence-corrected chi connectivity index (χ1v) is 6.58. The number of nitrogens with zero attached hydrogens (tertiary/aromatic N) is 3. The number of hydrogen-bond donors (Lipinski definition) is 0. The maximum absolute atomic E-state index is 8.94. The Balaban J connectivity index is 1.76. The number of pyridine rings is 1. The van der Waals surface area contributed by atoms with Gasteiger partial charge in [0.05, 0.1) is 5.69 Å². The Kier molecular flexibility index (Phi) is 1.98. The number of ether oxygens (including phenoxy) is 1. The van der Waals surface area contributed by atoms with Crippen LogP contribution in [0.2, 0.25) is 0 Å². The van der Waals surface area contributed by atoms with Crippen molar-refractivity contribution in [3.05, 3.63) is 23.5 Å². The molecule has 1 aromatic heterocycles. The van der Waals surface area contributed by atoms with Crippen LogP contribution in [0.25, 0.3) is 0 Å². The summed E-state index contributed by atoms with van der Waals surface area (Å²) in [6.45, 7) is 3.48. The van der Waals surface area contributed by atoms with E-state index in [4.69, 9.17) is 10.00 Å². The summed E-state index contributed by atoms with van der Waals surface area (Å²) in [4.78, 5) is 6.96. The first-order chi connectivity index (χ1) is 8.79. The normalized spacial score (nSPS) is 36.2. The molecular weight excluding hydrogens is 226 g/mol. The molecule has 0 saturated carbocycles. The largest absolute Gasteiger partial charge is 0.488 e. The highest BCUT2D eigenvalue weighted by Gasteiger charge is 2.51. The van der Waals surface area contributed by atoms with Gasteiger partial charge in [0.2, 0.25) is 0 Å². The lowest BCUT2D eigenvalue weighted by Gasteiger charge is -2.44. The molecule has 3 atom stereocenters. The summed E-state index contributed by atoms with van der Waals surface area (Å²) < 4.78 is 6.16. The fraction of sp³-hybridized carbons (Fsp3) is 0.571. The molecule has 1 spiro atoms. The van der Waals surface area contributed by atoms with Crippen molar-refractivity contribution in [2.75, 3.05) is 19.6 Å². The minimum Gasteiger partial charge on any atom is -0.488 e. The molecule has 0 amide bonds. The van der Waals surface area contributed by atoms with Gasteiger partial charge in [0, 0.05) is 24.9 Å². The zero-order valence-electron chi connectivity index (χ0n) is 10.2. The molecule has 0 aliphatic carbocycles. The van der Waals surface area contributed by atoms with Gasteiger partial charge in [-0.2, -0.15) is 5.26 Å². The van der Waals surface area contributed by atoms with Crippen LogP contribution in [0.1, 0.15) is 24.2 Å². The van der Waals surface area contributed by atoms with Gasteiger partial charge in [-0.25, -0.2) is 4.98 Å². The molecule has 4 nitrogen and oxygen atoms in total. The lowest BCUT2D eigenvalue weighted by atomic mass is 9.73. The molecular formula is C14H15N3O. The average molecular weight is 241 g/mol. The Bertz CT molecular complexity index is 550. The highest BCUT2D eigenvalue weighted by atomic mass is 16.5. The molecule has 0 aromatic carbocycles. The van der Waals surface area contributed by atoms with Crippen LogP contribution in [-0.2, 0) is 6.42 Å². The van der Waals surface area contributed by atoms with Gasteiger partial charge in [0.1, 0.15) is 23.6 Å². The molecule has 3 aliphatic heterocycles. The molecule has 0 radical (unpaired) electrons. The van der Waals surface area contributed by atoms with Crippen LogP contribution in [0.3, 0.4) is 0 Å². The van der Waals surface area contributed by atoms with Gasteiger partial charge in [-0.05, 0) is 31.5 Å². The number of rotatable bonds is 0. The third-order valence-electron chi connectivity index (χ3n) is 4.69. The van der Waals surface area contributed by atoms with E-state index in [0.29, 0.717) is 11.8 Å². The fourth-order valence-electron chi connectivity index (χ4n) is 3.76. The lowest BCUT2D eigenvalue weighted by molar-refractivity contribution is -0.00195. The second kappa shape index (κ2) is 3.46. The van der Waals surface area contributed by atoms with Crippen LogP contribution in [0.15, 0.2) is 12.1 Å². The summed E-state index contributed by atoms with van der Waals surface area (Å²) >= 11 is 0. The van der Waals surface area contributed by atoms with E-state index in [-0.39, 0.29) is 5.41 Å². The third-order valence-corrected chi connectivity index (χ3v) is 4.69. The van der Waals surface area contributed by atoms with E-state index in [2.05, 4.69) is 16.0 Å². The first-order valence-electron chi connectivity index (χ1n) is 6.58. The Hall–Kier alpha value is -1.60. The molecule has 3 aliphatic rings. The summed E-state index contributed by atoms with van der Waals surface area (Å²) in [5.41, 5.74) is 1.73. The van der Waals surface area contributed by atoms with Crippen molar-refractivity contribution in [3.63, 3.8) is 0 Å². The molecule has 2 bridgehead atoms. The van der Waals surface area contributed by atoms with Crippen molar-refractivity contribution >= 4 is 0 Å². The smallest absolute Gasteiger partial charge is 0.141 e. The number of piperidine rings is 1. The standard InChI is InChI=1S/C14H15N3O/c15-8-10-1-2-12-11(16-10)7-14-4-6-17(9-14)5-3-13(14)18-12/h1-2,13H,3-7,9H2/t13?,14-/m1/s1. The summed E-state index contributed by atoms with van der Waals surface area (Å²) in [5.74, 6) is 0.893. The molecule has 92 valence electrons. The van der Waals surface area contributed by atoms with E-state index >= 15 is 0 Å². The van der Waals surface area contributed by atoms with Crippen molar-refractivity contribution in [1.29, 1.82) is 5.26 Å². The summed E-state index contributed by atoms with van der Waals surface area (Å²) in [5, 5.41) is 8.94. The van der Waals surface area contributed by atoms with E-state index in [1.807, 2.05) is 6.07 Å². The second-order valence-electron chi connectivity index (χ2n) is 5.71. The molecule has 2 saturated heterocycles. The maximum Gasteiger partial charge on any atom is 0.141 e. The van der Waals surface area contributed by atoms with Crippen LogP contribution in [0.5, 0.6) is 5.75 Å². The molecule has 0 N–H and O–H groups in total. The molecule has 1 aromatic rings. The van der Waals surface area contributed by atoms with Gasteiger partial charge >= 0.3 is 0 Å². The highest BCUT2D eigenvalue weighted by molar-refractivity contribution is 5.37. The van der Waals surface area contributed by atoms with E-state index in [1.165, 1.54) is 13.0 Å². The summed E-state index contributed by atoms with van der Waals surface area (Å²) in [6, 6.07) is 5.78. The number of fused-ring (bicyclic) bond motifs is 2. The molecule has 2 fully saturated rings. The topological polar surface area (TPSA) is 49.2 Å². The summed E-state index contributed by atoms with van der Waals surface area (Å²) in [6.07, 6.45) is 3.65. The zero-order chi connectivity index (χ0) is 12.2. The van der Waals surface area contributed by atoms with Crippen LogP contribution < -0.4 is 4.74 Å². The minimum absolute atomic E-state index is 0.256. The van der Waals surface area contributed by atoms with Gasteiger partial charge in [0.15, 0.2) is 0 Å². The second-order valence-corrected chi connectivity index (χ2v) is 5.71. The van der Waals surface area contributed by atoms with Crippen LogP contribution in [-0.4, -0.2) is 35.6 Å². The van der Waals surface area contributed by atoms with Gasteiger partial charge in [-0.3, -0.25) is 0 Å². The predicted molar refractivity (Wildman–Crippen MR) is 65.2 cm³/mol.